The van der Waals surface area contributed by atoms with E-state index in [1.54, 1.807) is 4.90 Å². The van der Waals surface area contributed by atoms with Crippen molar-refractivity contribution < 1.29 is 9.53 Å². The van der Waals surface area contributed by atoms with Crippen molar-refractivity contribution in [2.24, 2.45) is 0 Å². The molecule has 0 aromatic heterocycles. The van der Waals surface area contributed by atoms with Crippen molar-refractivity contribution in [3.63, 3.8) is 0 Å². The molecule has 1 aromatic rings. The number of amides is 1. The minimum Gasteiger partial charge on any atom is -0.443 e. The molecule has 0 saturated heterocycles. The molecule has 3 nitrogen and oxygen atoms in total. The highest BCUT2D eigenvalue weighted by Gasteiger charge is 2.29. The second-order valence-corrected chi connectivity index (χ2v) is 6.94. The van der Waals surface area contributed by atoms with E-state index in [0.29, 0.717) is 12.5 Å². The maximum Gasteiger partial charge on any atom is 0.414 e. The molecule has 0 spiro atoms. The van der Waals surface area contributed by atoms with E-state index in [1.807, 2.05) is 32.9 Å². The minimum atomic E-state index is -0.463. The zero-order chi connectivity index (χ0) is 14.2. The molecule has 1 atom stereocenters. The summed E-state index contributed by atoms with van der Waals surface area (Å²) in [7, 11) is 0. The minimum absolute atomic E-state index is 0.261. The van der Waals surface area contributed by atoms with Crippen LogP contribution >= 0.6 is 15.9 Å². The highest BCUT2D eigenvalue weighted by atomic mass is 79.9. The molecule has 1 heterocycles. The van der Waals surface area contributed by atoms with Crippen molar-refractivity contribution in [1.82, 2.24) is 0 Å². The van der Waals surface area contributed by atoms with Gasteiger partial charge < -0.3 is 4.74 Å². The summed E-state index contributed by atoms with van der Waals surface area (Å²) in [5.41, 5.74) is 1.71. The van der Waals surface area contributed by atoms with Gasteiger partial charge in [0.15, 0.2) is 0 Å². The van der Waals surface area contributed by atoms with Gasteiger partial charge in [-0.15, -0.1) is 0 Å². The molecule has 1 aliphatic heterocycles. The average molecular weight is 326 g/mol. The molecule has 0 bridgehead atoms. The first-order chi connectivity index (χ1) is 8.78. The molecular weight excluding hydrogens is 306 g/mol. The summed E-state index contributed by atoms with van der Waals surface area (Å²) in [6.45, 7) is 8.57. The van der Waals surface area contributed by atoms with Gasteiger partial charge in [0.2, 0.25) is 0 Å². The number of ether oxygens (including phenoxy) is 1. The molecule has 0 aliphatic carbocycles. The first kappa shape index (κ1) is 14.4. The van der Waals surface area contributed by atoms with E-state index < -0.39 is 5.60 Å². The van der Waals surface area contributed by atoms with Crippen LogP contribution in [0.15, 0.2) is 22.7 Å². The predicted molar refractivity (Wildman–Crippen MR) is 80.8 cm³/mol. The predicted octanol–water partition coefficient (Wildman–Crippen LogP) is 4.70. The van der Waals surface area contributed by atoms with E-state index in [9.17, 15) is 4.79 Å². The molecule has 19 heavy (non-hydrogen) atoms. The van der Waals surface area contributed by atoms with E-state index in [4.69, 9.17) is 4.74 Å². The van der Waals surface area contributed by atoms with Gasteiger partial charge in [-0.05, 0) is 56.9 Å². The molecule has 1 amide bonds. The number of fused-ring (bicyclic) bond motifs is 1. The normalized spacial score (nSPS) is 19.0. The van der Waals surface area contributed by atoms with Crippen LogP contribution in [0.5, 0.6) is 0 Å². The van der Waals surface area contributed by atoms with Gasteiger partial charge >= 0.3 is 6.09 Å². The molecular formula is C15H20BrNO2. The Bertz CT molecular complexity index is 493. The average Bonchev–Trinajstić information content (AvgIpc) is 2.27. The number of hydrogen-bond donors (Lipinski definition) is 0. The summed E-state index contributed by atoms with van der Waals surface area (Å²) in [4.78, 5) is 14.0. The van der Waals surface area contributed by atoms with E-state index in [-0.39, 0.29) is 6.09 Å². The van der Waals surface area contributed by atoms with Gasteiger partial charge in [0, 0.05) is 11.0 Å². The van der Waals surface area contributed by atoms with E-state index >= 15 is 0 Å². The number of anilines is 1. The van der Waals surface area contributed by atoms with Crippen LogP contribution in [0.3, 0.4) is 0 Å². The fourth-order valence-corrected chi connectivity index (χ4v) is 2.65. The lowest BCUT2D eigenvalue weighted by Gasteiger charge is -2.34. The molecule has 2 rings (SSSR count). The Hall–Kier alpha value is -1.03. The van der Waals surface area contributed by atoms with Crippen molar-refractivity contribution in [3.8, 4) is 0 Å². The smallest absolute Gasteiger partial charge is 0.414 e. The molecule has 0 N–H and O–H groups in total. The standard InChI is InChI=1S/C15H20BrNO2/c1-10-7-8-17(14(18)19-15(2,3)4)13-6-5-11(16)9-12(10)13/h5-6,9-10H,7-8H2,1-4H3. The van der Waals surface area contributed by atoms with E-state index in [0.717, 1.165) is 16.6 Å². The maximum absolute atomic E-state index is 12.3. The topological polar surface area (TPSA) is 29.5 Å². The Morgan fingerprint density at radius 3 is 2.74 bits per heavy atom. The van der Waals surface area contributed by atoms with Gasteiger partial charge in [-0.3, -0.25) is 4.90 Å². The maximum atomic E-state index is 12.3. The highest BCUT2D eigenvalue weighted by Crippen LogP contribution is 2.37. The number of rotatable bonds is 0. The Balaban J connectivity index is 2.31. The fraction of sp³-hybridized carbons (Fsp3) is 0.533. The molecule has 104 valence electrons. The molecule has 0 fully saturated rings. The third kappa shape index (κ3) is 3.30. The van der Waals surface area contributed by atoms with Crippen LogP contribution in [0, 0.1) is 0 Å². The van der Waals surface area contributed by atoms with Gasteiger partial charge in [0.1, 0.15) is 5.60 Å². The van der Waals surface area contributed by atoms with Crippen molar-refractivity contribution in [3.05, 3.63) is 28.2 Å². The zero-order valence-corrected chi connectivity index (χ0v) is 13.5. The molecule has 0 radical (unpaired) electrons. The number of carbonyl (C=O) groups is 1. The Morgan fingerprint density at radius 2 is 2.11 bits per heavy atom. The van der Waals surface area contributed by atoms with Crippen LogP contribution < -0.4 is 4.90 Å². The molecule has 1 aliphatic rings. The van der Waals surface area contributed by atoms with Crippen LogP contribution in [0.4, 0.5) is 10.5 Å². The fourth-order valence-electron chi connectivity index (χ4n) is 2.27. The largest absolute Gasteiger partial charge is 0.443 e. The van der Waals surface area contributed by atoms with Crippen LogP contribution in [-0.2, 0) is 4.74 Å². The van der Waals surface area contributed by atoms with Gasteiger partial charge in [-0.25, -0.2) is 4.79 Å². The van der Waals surface area contributed by atoms with Crippen molar-refractivity contribution in [1.29, 1.82) is 0 Å². The highest BCUT2D eigenvalue weighted by molar-refractivity contribution is 9.10. The quantitative estimate of drug-likeness (QED) is 0.692. The van der Waals surface area contributed by atoms with Gasteiger partial charge in [-0.2, -0.15) is 0 Å². The summed E-state index contributed by atoms with van der Waals surface area (Å²) in [5, 5.41) is 0. The summed E-state index contributed by atoms with van der Waals surface area (Å²) < 4.78 is 6.52. The monoisotopic (exact) mass is 325 g/mol. The molecule has 0 saturated carbocycles. The third-order valence-corrected chi connectivity index (χ3v) is 3.70. The van der Waals surface area contributed by atoms with Gasteiger partial charge in [-0.1, -0.05) is 22.9 Å². The summed E-state index contributed by atoms with van der Waals surface area (Å²) in [6, 6.07) is 6.05. The second kappa shape index (κ2) is 5.16. The first-order valence-electron chi connectivity index (χ1n) is 6.58. The van der Waals surface area contributed by atoms with Crippen molar-refractivity contribution >= 4 is 27.7 Å². The Morgan fingerprint density at radius 1 is 1.42 bits per heavy atom. The molecule has 1 unspecified atom stereocenters. The molecule has 4 heteroatoms. The summed E-state index contributed by atoms with van der Waals surface area (Å²) in [5.74, 6) is 0.464. The van der Waals surface area contributed by atoms with Crippen LogP contribution in [0.1, 0.15) is 45.6 Å². The summed E-state index contributed by atoms with van der Waals surface area (Å²) >= 11 is 3.49. The Labute approximate surface area is 123 Å². The first-order valence-corrected chi connectivity index (χ1v) is 7.37. The number of carbonyl (C=O) groups excluding carboxylic acids is 1. The van der Waals surface area contributed by atoms with Crippen LogP contribution in [0.25, 0.3) is 0 Å². The van der Waals surface area contributed by atoms with Crippen molar-refractivity contribution in [2.75, 3.05) is 11.4 Å². The number of halogens is 1. The lowest BCUT2D eigenvalue weighted by molar-refractivity contribution is 0.0577. The summed E-state index contributed by atoms with van der Waals surface area (Å²) in [6.07, 6.45) is 0.700. The van der Waals surface area contributed by atoms with Crippen LogP contribution in [0.2, 0.25) is 0 Å². The van der Waals surface area contributed by atoms with E-state index in [1.165, 1.54) is 5.56 Å². The SMILES string of the molecule is CC1CCN(C(=O)OC(C)(C)C)c2ccc(Br)cc21. The van der Waals surface area contributed by atoms with Crippen LogP contribution in [-0.4, -0.2) is 18.2 Å². The second-order valence-electron chi connectivity index (χ2n) is 6.02. The van der Waals surface area contributed by atoms with Gasteiger partial charge in [0.05, 0.1) is 5.69 Å². The third-order valence-electron chi connectivity index (χ3n) is 3.21. The van der Waals surface area contributed by atoms with E-state index in [2.05, 4.69) is 28.9 Å². The van der Waals surface area contributed by atoms with Crippen molar-refractivity contribution in [2.45, 2.75) is 45.6 Å². The number of nitrogens with zero attached hydrogens (tertiary/aromatic N) is 1. The molecule has 1 aromatic carbocycles. The van der Waals surface area contributed by atoms with Gasteiger partial charge in [0.25, 0.3) is 0 Å². The number of hydrogen-bond acceptors (Lipinski definition) is 2. The Kier molecular flexibility index (Phi) is 3.90. The number of benzene rings is 1. The zero-order valence-electron chi connectivity index (χ0n) is 11.9. The lowest BCUT2D eigenvalue weighted by Crippen LogP contribution is -2.40. The lowest BCUT2D eigenvalue weighted by atomic mass is 9.92.